The summed E-state index contributed by atoms with van der Waals surface area (Å²) in [6.45, 7) is 2.90. The summed E-state index contributed by atoms with van der Waals surface area (Å²) < 4.78 is 9.44. The average Bonchev–Trinajstić information content (AvgIpc) is 3.37. The molecular formula is C21H23N5O3S. The van der Waals surface area contributed by atoms with Gasteiger partial charge in [0.2, 0.25) is 0 Å². The van der Waals surface area contributed by atoms with Crippen LogP contribution < -0.4 is 10.2 Å². The Labute approximate surface area is 177 Å². The average molecular weight is 426 g/mol. The smallest absolute Gasteiger partial charge is 0.310 e. The number of rotatable bonds is 8. The van der Waals surface area contributed by atoms with Gasteiger partial charge in [-0.05, 0) is 35.9 Å². The highest BCUT2D eigenvalue weighted by molar-refractivity contribution is 7.16. The second-order valence-electron chi connectivity index (χ2n) is 6.90. The topological polar surface area (TPSA) is 94.2 Å². The van der Waals surface area contributed by atoms with Crippen LogP contribution in [-0.2, 0) is 11.5 Å². The van der Waals surface area contributed by atoms with Gasteiger partial charge < -0.3 is 15.2 Å². The maximum atomic E-state index is 12.2. The summed E-state index contributed by atoms with van der Waals surface area (Å²) in [6.07, 6.45) is 3.61. The minimum atomic E-state index is -0.0241. The van der Waals surface area contributed by atoms with Gasteiger partial charge in [-0.15, -0.1) is 0 Å². The predicted octanol–water partition coefficient (Wildman–Crippen LogP) is 2.80. The van der Waals surface area contributed by atoms with E-state index in [1.54, 1.807) is 22.6 Å². The molecule has 0 aliphatic carbocycles. The molecule has 0 saturated heterocycles. The normalized spacial score (nSPS) is 12.4. The number of nitrogens with zero attached hydrogens (tertiary/aromatic N) is 4. The van der Waals surface area contributed by atoms with Crippen LogP contribution in [0.15, 0.2) is 53.6 Å². The third-order valence-electron chi connectivity index (χ3n) is 4.93. The summed E-state index contributed by atoms with van der Waals surface area (Å²) in [4.78, 5) is 16.6. The molecule has 3 aromatic heterocycles. The summed E-state index contributed by atoms with van der Waals surface area (Å²) in [5, 5.41) is 16.7. The first-order valence-electron chi connectivity index (χ1n) is 9.59. The first-order valence-corrected chi connectivity index (χ1v) is 10.4. The van der Waals surface area contributed by atoms with Gasteiger partial charge in [-0.1, -0.05) is 24.3 Å². The minimum Gasteiger partial charge on any atom is -0.395 e. The zero-order valence-corrected chi connectivity index (χ0v) is 17.6. The van der Waals surface area contributed by atoms with E-state index < -0.39 is 0 Å². The predicted molar refractivity (Wildman–Crippen MR) is 118 cm³/mol. The van der Waals surface area contributed by atoms with E-state index in [4.69, 9.17) is 14.9 Å². The van der Waals surface area contributed by atoms with Crippen molar-refractivity contribution in [1.29, 1.82) is 0 Å². The summed E-state index contributed by atoms with van der Waals surface area (Å²) >= 11 is 1.22. The van der Waals surface area contributed by atoms with Crippen LogP contribution in [0.2, 0.25) is 0 Å². The van der Waals surface area contributed by atoms with E-state index in [0.717, 1.165) is 27.2 Å². The van der Waals surface area contributed by atoms with Crippen LogP contribution >= 0.6 is 11.3 Å². The number of aliphatic hydroxyl groups excluding tert-OH is 1. The molecule has 0 saturated carbocycles. The van der Waals surface area contributed by atoms with Gasteiger partial charge in [0, 0.05) is 25.8 Å². The minimum absolute atomic E-state index is 0.0241. The van der Waals surface area contributed by atoms with Crippen molar-refractivity contribution < 1.29 is 9.84 Å². The Morgan fingerprint density at radius 1 is 1.27 bits per heavy atom. The molecule has 0 fully saturated rings. The fraction of sp³-hybridized carbons (Fsp3) is 0.286. The molecule has 2 N–H and O–H groups in total. The van der Waals surface area contributed by atoms with Crippen LogP contribution in [0.5, 0.6) is 0 Å². The Kier molecular flexibility index (Phi) is 5.93. The monoisotopic (exact) mass is 425 g/mol. The Morgan fingerprint density at radius 3 is 2.87 bits per heavy atom. The van der Waals surface area contributed by atoms with Crippen LogP contribution in [0.4, 0.5) is 5.69 Å². The molecule has 0 spiro atoms. The lowest BCUT2D eigenvalue weighted by Crippen LogP contribution is -2.13. The molecule has 1 aromatic carbocycles. The number of aliphatic hydroxyl groups is 1. The maximum Gasteiger partial charge on any atom is 0.310 e. The zero-order valence-electron chi connectivity index (χ0n) is 16.8. The maximum absolute atomic E-state index is 12.2. The van der Waals surface area contributed by atoms with Crippen molar-refractivity contribution >= 4 is 27.2 Å². The third kappa shape index (κ3) is 4.00. The lowest BCUT2D eigenvalue weighted by Gasteiger charge is -2.10. The largest absolute Gasteiger partial charge is 0.395 e. The van der Waals surface area contributed by atoms with E-state index in [0.29, 0.717) is 12.4 Å². The van der Waals surface area contributed by atoms with E-state index in [9.17, 15) is 4.79 Å². The molecule has 0 aliphatic rings. The van der Waals surface area contributed by atoms with Crippen molar-refractivity contribution in [2.24, 2.45) is 0 Å². The summed E-state index contributed by atoms with van der Waals surface area (Å²) in [6, 6.07) is 11.8. The van der Waals surface area contributed by atoms with Gasteiger partial charge in [0.1, 0.15) is 6.73 Å². The number of pyridine rings is 1. The number of anilines is 1. The molecule has 4 aromatic rings. The Bertz CT molecular complexity index is 1200. The summed E-state index contributed by atoms with van der Waals surface area (Å²) in [5.41, 5.74) is 3.74. The molecule has 0 aliphatic heterocycles. The number of methoxy groups -OCH3 is 1. The van der Waals surface area contributed by atoms with Gasteiger partial charge in [0.05, 0.1) is 34.4 Å². The lowest BCUT2D eigenvalue weighted by molar-refractivity contribution is 0.133. The molecule has 30 heavy (non-hydrogen) atoms. The Morgan fingerprint density at radius 2 is 2.13 bits per heavy atom. The number of hydrogen-bond acceptors (Lipinski definition) is 7. The molecular weight excluding hydrogens is 402 g/mol. The third-order valence-corrected chi connectivity index (χ3v) is 5.87. The number of hydrogen-bond donors (Lipinski definition) is 2. The highest BCUT2D eigenvalue weighted by Crippen LogP contribution is 2.28. The highest BCUT2D eigenvalue weighted by Gasteiger charge is 2.15. The van der Waals surface area contributed by atoms with Gasteiger partial charge in [-0.2, -0.15) is 5.10 Å². The molecule has 0 radical (unpaired) electrons. The van der Waals surface area contributed by atoms with E-state index in [1.807, 2.05) is 36.5 Å². The van der Waals surface area contributed by atoms with Crippen LogP contribution in [0.3, 0.4) is 0 Å². The molecule has 0 amide bonds. The van der Waals surface area contributed by atoms with Crippen molar-refractivity contribution in [2.75, 3.05) is 25.6 Å². The van der Waals surface area contributed by atoms with Crippen molar-refractivity contribution in [3.8, 4) is 5.82 Å². The van der Waals surface area contributed by atoms with E-state index in [1.165, 1.54) is 11.3 Å². The second kappa shape index (κ2) is 8.78. The number of ether oxygens (including phenoxy) is 1. The summed E-state index contributed by atoms with van der Waals surface area (Å²) in [5.74, 6) is 0.780. The quantitative estimate of drug-likeness (QED) is 0.451. The van der Waals surface area contributed by atoms with Gasteiger partial charge in [-0.3, -0.25) is 9.36 Å². The Balaban J connectivity index is 1.56. The molecule has 1 unspecified atom stereocenters. The van der Waals surface area contributed by atoms with E-state index in [-0.39, 0.29) is 24.1 Å². The number of aromatic nitrogens is 4. The fourth-order valence-electron chi connectivity index (χ4n) is 3.30. The van der Waals surface area contributed by atoms with E-state index in [2.05, 4.69) is 23.3 Å². The van der Waals surface area contributed by atoms with Gasteiger partial charge >= 0.3 is 4.87 Å². The molecule has 9 heteroatoms. The standard InChI is InChI=1S/C21H23N5O3S/c1-14(15-3-5-18-19(11-15)30-21(28)25(18)13-29-2)17-7-9-26(24-17)20-6-4-16(12-23-20)22-8-10-27/h3-7,9,11-12,14,22,27H,8,10,13H2,1-2H3. The fourth-order valence-corrected chi connectivity index (χ4v) is 4.22. The van der Waals surface area contributed by atoms with Crippen molar-refractivity contribution in [1.82, 2.24) is 19.3 Å². The van der Waals surface area contributed by atoms with Crippen LogP contribution in [-0.4, -0.2) is 44.7 Å². The van der Waals surface area contributed by atoms with Gasteiger partial charge in [0.15, 0.2) is 5.82 Å². The van der Waals surface area contributed by atoms with E-state index >= 15 is 0 Å². The van der Waals surface area contributed by atoms with Crippen LogP contribution in [0, 0.1) is 0 Å². The number of nitrogens with one attached hydrogen (secondary N) is 1. The molecule has 8 nitrogen and oxygen atoms in total. The van der Waals surface area contributed by atoms with Crippen molar-refractivity contribution in [2.45, 2.75) is 19.6 Å². The first kappa shape index (κ1) is 20.3. The first-order chi connectivity index (χ1) is 14.6. The van der Waals surface area contributed by atoms with Crippen molar-refractivity contribution in [3.05, 3.63) is 69.7 Å². The second-order valence-corrected chi connectivity index (χ2v) is 7.90. The van der Waals surface area contributed by atoms with Crippen molar-refractivity contribution in [3.63, 3.8) is 0 Å². The molecule has 4 rings (SSSR count). The van der Waals surface area contributed by atoms with Gasteiger partial charge in [0.25, 0.3) is 0 Å². The highest BCUT2D eigenvalue weighted by atomic mass is 32.1. The molecule has 156 valence electrons. The molecule has 0 bridgehead atoms. The van der Waals surface area contributed by atoms with Crippen LogP contribution in [0.1, 0.15) is 24.1 Å². The SMILES string of the molecule is COCn1c(=O)sc2cc(C(C)c3ccn(-c4ccc(NCCO)cn4)n3)ccc21. The molecule has 1 atom stereocenters. The van der Waals surface area contributed by atoms with Gasteiger partial charge in [-0.25, -0.2) is 9.67 Å². The Hall–Kier alpha value is -3.01. The number of thiazole rings is 1. The summed E-state index contributed by atoms with van der Waals surface area (Å²) in [7, 11) is 1.58. The molecule has 3 heterocycles. The van der Waals surface area contributed by atoms with Crippen LogP contribution in [0.25, 0.3) is 16.0 Å². The lowest BCUT2D eigenvalue weighted by atomic mass is 9.98. The zero-order chi connectivity index (χ0) is 21.1. The number of benzene rings is 1. The number of fused-ring (bicyclic) bond motifs is 1.